The summed E-state index contributed by atoms with van der Waals surface area (Å²) in [7, 11) is 0. The Morgan fingerprint density at radius 3 is 3.00 bits per heavy atom. The Labute approximate surface area is 108 Å². The van der Waals surface area contributed by atoms with E-state index in [-0.39, 0.29) is 0 Å². The van der Waals surface area contributed by atoms with Crippen molar-refractivity contribution >= 4 is 10.9 Å². The second-order valence-corrected chi connectivity index (χ2v) is 5.43. The average molecular weight is 240 g/mol. The molecule has 2 heteroatoms. The van der Waals surface area contributed by atoms with Crippen LogP contribution >= 0.6 is 0 Å². The SMILES string of the molecule is CC1CNCCC1Cc1ccc2ccccc2n1. The molecule has 0 amide bonds. The van der Waals surface area contributed by atoms with E-state index in [1.165, 1.54) is 17.5 Å². The lowest BCUT2D eigenvalue weighted by atomic mass is 9.84. The summed E-state index contributed by atoms with van der Waals surface area (Å²) >= 11 is 0. The number of fused-ring (bicyclic) bond motifs is 1. The number of rotatable bonds is 2. The van der Waals surface area contributed by atoms with Gasteiger partial charge in [0.15, 0.2) is 0 Å². The van der Waals surface area contributed by atoms with Crippen LogP contribution in [-0.2, 0) is 6.42 Å². The number of nitrogens with zero attached hydrogens (tertiary/aromatic N) is 1. The Morgan fingerprint density at radius 1 is 1.22 bits per heavy atom. The van der Waals surface area contributed by atoms with Crippen molar-refractivity contribution in [1.29, 1.82) is 0 Å². The normalized spacial score (nSPS) is 24.3. The average Bonchev–Trinajstić information content (AvgIpc) is 2.41. The largest absolute Gasteiger partial charge is 0.316 e. The highest BCUT2D eigenvalue weighted by molar-refractivity contribution is 5.78. The van der Waals surface area contributed by atoms with E-state index in [9.17, 15) is 0 Å². The van der Waals surface area contributed by atoms with Crippen LogP contribution in [0.1, 0.15) is 19.0 Å². The van der Waals surface area contributed by atoms with Gasteiger partial charge in [-0.25, -0.2) is 0 Å². The Hall–Kier alpha value is -1.41. The predicted molar refractivity (Wildman–Crippen MR) is 75.6 cm³/mol. The molecule has 94 valence electrons. The Balaban J connectivity index is 1.81. The molecule has 2 unspecified atom stereocenters. The van der Waals surface area contributed by atoms with E-state index < -0.39 is 0 Å². The van der Waals surface area contributed by atoms with Crippen LogP contribution in [0.25, 0.3) is 10.9 Å². The number of pyridine rings is 1. The van der Waals surface area contributed by atoms with Crippen molar-refractivity contribution in [2.75, 3.05) is 13.1 Å². The van der Waals surface area contributed by atoms with Gasteiger partial charge in [0.1, 0.15) is 0 Å². The summed E-state index contributed by atoms with van der Waals surface area (Å²) in [6, 6.07) is 12.7. The minimum Gasteiger partial charge on any atom is -0.316 e. The quantitative estimate of drug-likeness (QED) is 0.872. The van der Waals surface area contributed by atoms with Crippen LogP contribution in [0.2, 0.25) is 0 Å². The molecule has 1 aliphatic heterocycles. The molecule has 2 aromatic rings. The molecule has 18 heavy (non-hydrogen) atoms. The van der Waals surface area contributed by atoms with Gasteiger partial charge in [0.2, 0.25) is 0 Å². The number of benzene rings is 1. The fourth-order valence-electron chi connectivity index (χ4n) is 2.86. The minimum absolute atomic E-state index is 0.757. The molecule has 1 N–H and O–H groups in total. The van der Waals surface area contributed by atoms with Crippen molar-refractivity contribution in [3.8, 4) is 0 Å². The van der Waals surface area contributed by atoms with E-state index in [0.717, 1.165) is 36.9 Å². The van der Waals surface area contributed by atoms with E-state index in [4.69, 9.17) is 4.98 Å². The standard InChI is InChI=1S/C16H20N2/c1-12-11-17-9-8-14(12)10-15-7-6-13-4-2-3-5-16(13)18-15/h2-7,12,14,17H,8-11H2,1H3. The maximum absolute atomic E-state index is 4.78. The number of hydrogen-bond donors (Lipinski definition) is 1. The highest BCUT2D eigenvalue weighted by Crippen LogP contribution is 2.23. The molecule has 1 saturated heterocycles. The molecule has 2 heterocycles. The molecule has 1 aliphatic rings. The Kier molecular flexibility index (Phi) is 3.28. The fraction of sp³-hybridized carbons (Fsp3) is 0.438. The van der Waals surface area contributed by atoms with Crippen molar-refractivity contribution in [3.05, 3.63) is 42.1 Å². The van der Waals surface area contributed by atoms with Crippen LogP contribution in [0.4, 0.5) is 0 Å². The molecule has 3 rings (SSSR count). The number of para-hydroxylation sites is 1. The summed E-state index contributed by atoms with van der Waals surface area (Å²) in [6.45, 7) is 4.65. The minimum atomic E-state index is 0.757. The van der Waals surface area contributed by atoms with E-state index in [2.05, 4.69) is 48.6 Å². The van der Waals surface area contributed by atoms with E-state index in [1.54, 1.807) is 0 Å². The van der Waals surface area contributed by atoms with Crippen molar-refractivity contribution in [2.24, 2.45) is 11.8 Å². The maximum atomic E-state index is 4.78. The van der Waals surface area contributed by atoms with Gasteiger partial charge in [-0.2, -0.15) is 0 Å². The summed E-state index contributed by atoms with van der Waals surface area (Å²) in [4.78, 5) is 4.78. The first kappa shape index (κ1) is 11.7. The number of hydrogen-bond acceptors (Lipinski definition) is 2. The zero-order chi connectivity index (χ0) is 12.4. The van der Waals surface area contributed by atoms with E-state index >= 15 is 0 Å². The second kappa shape index (κ2) is 5.07. The molecule has 0 aliphatic carbocycles. The number of nitrogens with one attached hydrogen (secondary N) is 1. The van der Waals surface area contributed by atoms with E-state index in [0.29, 0.717) is 0 Å². The van der Waals surface area contributed by atoms with Gasteiger partial charge in [-0.05, 0) is 49.9 Å². The molecule has 0 saturated carbocycles. The summed E-state index contributed by atoms with van der Waals surface area (Å²) in [5.74, 6) is 1.53. The molecule has 2 atom stereocenters. The lowest BCUT2D eigenvalue weighted by Crippen LogP contribution is -2.36. The molecule has 0 spiro atoms. The summed E-state index contributed by atoms with van der Waals surface area (Å²) in [5, 5.41) is 4.70. The fourth-order valence-corrected chi connectivity index (χ4v) is 2.86. The monoisotopic (exact) mass is 240 g/mol. The number of piperidine rings is 1. The Morgan fingerprint density at radius 2 is 2.11 bits per heavy atom. The van der Waals surface area contributed by atoms with Crippen LogP contribution in [0.3, 0.4) is 0 Å². The van der Waals surface area contributed by atoms with Crippen molar-refractivity contribution in [2.45, 2.75) is 19.8 Å². The zero-order valence-electron chi connectivity index (χ0n) is 10.9. The van der Waals surface area contributed by atoms with Gasteiger partial charge >= 0.3 is 0 Å². The van der Waals surface area contributed by atoms with Gasteiger partial charge in [-0.3, -0.25) is 4.98 Å². The molecule has 2 nitrogen and oxygen atoms in total. The van der Waals surface area contributed by atoms with Crippen LogP contribution in [0, 0.1) is 11.8 Å². The summed E-state index contributed by atoms with van der Waals surface area (Å²) < 4.78 is 0. The van der Waals surface area contributed by atoms with Crippen LogP contribution in [-0.4, -0.2) is 18.1 Å². The first-order valence-electron chi connectivity index (χ1n) is 6.88. The first-order valence-corrected chi connectivity index (χ1v) is 6.88. The third-order valence-corrected chi connectivity index (χ3v) is 4.09. The molecular formula is C16H20N2. The predicted octanol–water partition coefficient (Wildman–Crippen LogP) is 3.02. The molecular weight excluding hydrogens is 220 g/mol. The lowest BCUT2D eigenvalue weighted by Gasteiger charge is -2.29. The summed E-state index contributed by atoms with van der Waals surface area (Å²) in [5.41, 5.74) is 2.36. The zero-order valence-corrected chi connectivity index (χ0v) is 10.9. The Bertz CT molecular complexity index is 535. The molecule has 1 aromatic heterocycles. The topological polar surface area (TPSA) is 24.9 Å². The molecule has 0 radical (unpaired) electrons. The van der Waals surface area contributed by atoms with Crippen molar-refractivity contribution < 1.29 is 0 Å². The van der Waals surface area contributed by atoms with Crippen molar-refractivity contribution in [1.82, 2.24) is 10.3 Å². The van der Waals surface area contributed by atoms with Crippen LogP contribution in [0.5, 0.6) is 0 Å². The van der Waals surface area contributed by atoms with Gasteiger partial charge < -0.3 is 5.32 Å². The highest BCUT2D eigenvalue weighted by Gasteiger charge is 2.21. The molecule has 1 aromatic carbocycles. The second-order valence-electron chi connectivity index (χ2n) is 5.43. The molecule has 0 bridgehead atoms. The first-order chi connectivity index (χ1) is 8.83. The van der Waals surface area contributed by atoms with Gasteiger partial charge in [0, 0.05) is 11.1 Å². The summed E-state index contributed by atoms with van der Waals surface area (Å²) in [6.07, 6.45) is 2.39. The highest BCUT2D eigenvalue weighted by atomic mass is 14.9. The molecule has 1 fully saturated rings. The third kappa shape index (κ3) is 2.39. The van der Waals surface area contributed by atoms with Gasteiger partial charge in [-0.1, -0.05) is 31.2 Å². The van der Waals surface area contributed by atoms with Gasteiger partial charge in [0.05, 0.1) is 5.52 Å². The smallest absolute Gasteiger partial charge is 0.0705 e. The van der Waals surface area contributed by atoms with Gasteiger partial charge in [-0.15, -0.1) is 0 Å². The van der Waals surface area contributed by atoms with Crippen LogP contribution < -0.4 is 5.32 Å². The van der Waals surface area contributed by atoms with Crippen LogP contribution in [0.15, 0.2) is 36.4 Å². The van der Waals surface area contributed by atoms with Crippen molar-refractivity contribution in [3.63, 3.8) is 0 Å². The number of aromatic nitrogens is 1. The lowest BCUT2D eigenvalue weighted by molar-refractivity contribution is 0.270. The maximum Gasteiger partial charge on any atom is 0.0705 e. The van der Waals surface area contributed by atoms with E-state index in [1.807, 2.05) is 0 Å². The third-order valence-electron chi connectivity index (χ3n) is 4.09. The van der Waals surface area contributed by atoms with Gasteiger partial charge in [0.25, 0.3) is 0 Å².